The molecule has 4 rings (SSSR count). The molecule has 158 valence electrons. The molecular formula is C24H21FN2O4. The van der Waals surface area contributed by atoms with E-state index < -0.39 is 29.0 Å². The standard InChI is InChI=1S/C24H21FN2O4/c1-24(2,3)17-13-18(26-31-17)27-20(15-11-7-8-12-16(15)25)19(22(29)23(27)30)21(28)14-9-5-4-6-10-14/h4-13,20,28H,1-3H3/t20-/m0/s1. The molecule has 31 heavy (non-hydrogen) atoms. The minimum Gasteiger partial charge on any atom is -0.507 e. The molecule has 1 fully saturated rings. The van der Waals surface area contributed by atoms with Crippen LogP contribution in [0.15, 0.2) is 70.8 Å². The molecule has 1 atom stereocenters. The van der Waals surface area contributed by atoms with E-state index in [1.807, 2.05) is 20.8 Å². The average Bonchev–Trinajstić information content (AvgIpc) is 3.32. The fourth-order valence-corrected chi connectivity index (χ4v) is 3.54. The first-order chi connectivity index (χ1) is 14.7. The second kappa shape index (κ2) is 7.50. The summed E-state index contributed by atoms with van der Waals surface area (Å²) in [7, 11) is 0. The summed E-state index contributed by atoms with van der Waals surface area (Å²) in [5.41, 5.74) is -0.186. The van der Waals surface area contributed by atoms with E-state index in [1.165, 1.54) is 18.2 Å². The lowest BCUT2D eigenvalue weighted by Crippen LogP contribution is -2.30. The van der Waals surface area contributed by atoms with Crippen LogP contribution in [-0.2, 0) is 15.0 Å². The molecule has 0 unspecified atom stereocenters. The van der Waals surface area contributed by atoms with Crippen molar-refractivity contribution in [1.82, 2.24) is 5.16 Å². The average molecular weight is 420 g/mol. The molecule has 1 N–H and O–H groups in total. The third kappa shape index (κ3) is 3.52. The molecule has 0 radical (unpaired) electrons. The van der Waals surface area contributed by atoms with E-state index >= 15 is 0 Å². The van der Waals surface area contributed by atoms with E-state index in [-0.39, 0.29) is 22.7 Å². The molecule has 0 spiro atoms. The number of anilines is 1. The first kappa shape index (κ1) is 20.5. The lowest BCUT2D eigenvalue weighted by atomic mass is 9.93. The van der Waals surface area contributed by atoms with Crippen molar-refractivity contribution in [3.05, 3.63) is 88.9 Å². The molecule has 1 aromatic heterocycles. The van der Waals surface area contributed by atoms with Gasteiger partial charge in [-0.25, -0.2) is 4.39 Å². The SMILES string of the molecule is CC(C)(C)c1cc(N2C(=O)C(=O)C(=C(O)c3ccccc3)[C@@H]2c2ccccc2F)no1. The van der Waals surface area contributed by atoms with Crippen molar-refractivity contribution >= 4 is 23.3 Å². The fourth-order valence-electron chi connectivity index (χ4n) is 3.54. The fraction of sp³-hybridized carbons (Fsp3) is 0.208. The number of Topliss-reactive ketones (excluding diaryl/α,β-unsaturated/α-hetero) is 1. The molecule has 1 saturated heterocycles. The van der Waals surface area contributed by atoms with E-state index in [2.05, 4.69) is 5.16 Å². The van der Waals surface area contributed by atoms with Gasteiger partial charge in [-0.1, -0.05) is 74.5 Å². The van der Waals surface area contributed by atoms with Crippen LogP contribution in [0.1, 0.15) is 43.7 Å². The van der Waals surface area contributed by atoms with Crippen LogP contribution in [0.5, 0.6) is 0 Å². The van der Waals surface area contributed by atoms with Gasteiger partial charge in [-0.05, 0) is 6.07 Å². The van der Waals surface area contributed by atoms with Gasteiger partial charge < -0.3 is 9.63 Å². The molecule has 3 aromatic rings. The molecule has 1 amide bonds. The summed E-state index contributed by atoms with van der Waals surface area (Å²) < 4.78 is 20.2. The number of hydrogen-bond acceptors (Lipinski definition) is 5. The van der Waals surface area contributed by atoms with E-state index in [9.17, 15) is 19.1 Å². The Balaban J connectivity index is 1.95. The molecule has 1 aliphatic heterocycles. The molecular weight excluding hydrogens is 399 g/mol. The van der Waals surface area contributed by atoms with Crippen molar-refractivity contribution in [1.29, 1.82) is 0 Å². The Bertz CT molecular complexity index is 1190. The summed E-state index contributed by atoms with van der Waals surface area (Å²) in [5.74, 6) is -2.26. The van der Waals surface area contributed by atoms with E-state index in [0.717, 1.165) is 4.90 Å². The van der Waals surface area contributed by atoms with Crippen LogP contribution in [0.4, 0.5) is 10.2 Å². The summed E-state index contributed by atoms with van der Waals surface area (Å²) >= 11 is 0. The number of ketones is 1. The number of carbonyl (C=O) groups is 2. The lowest BCUT2D eigenvalue weighted by Gasteiger charge is -2.23. The number of aliphatic hydroxyl groups is 1. The predicted molar refractivity (Wildman–Crippen MR) is 113 cm³/mol. The first-order valence-corrected chi connectivity index (χ1v) is 9.78. The highest BCUT2D eigenvalue weighted by Crippen LogP contribution is 2.43. The number of nitrogens with zero attached hydrogens (tertiary/aromatic N) is 2. The van der Waals surface area contributed by atoms with Crippen molar-refractivity contribution in [3.63, 3.8) is 0 Å². The number of aromatic nitrogens is 1. The Morgan fingerprint density at radius 2 is 1.71 bits per heavy atom. The molecule has 1 aliphatic rings. The monoisotopic (exact) mass is 420 g/mol. The van der Waals surface area contributed by atoms with Gasteiger partial charge in [0.05, 0.1) is 11.6 Å². The zero-order chi connectivity index (χ0) is 22.3. The predicted octanol–water partition coefficient (Wildman–Crippen LogP) is 4.74. The van der Waals surface area contributed by atoms with E-state index in [1.54, 1.807) is 42.5 Å². The first-order valence-electron chi connectivity index (χ1n) is 9.78. The Morgan fingerprint density at radius 1 is 1.06 bits per heavy atom. The third-order valence-corrected chi connectivity index (χ3v) is 5.18. The Kier molecular flexibility index (Phi) is 4.97. The smallest absolute Gasteiger partial charge is 0.301 e. The summed E-state index contributed by atoms with van der Waals surface area (Å²) in [4.78, 5) is 27.1. The van der Waals surface area contributed by atoms with Gasteiger partial charge in [0.2, 0.25) is 0 Å². The van der Waals surface area contributed by atoms with Gasteiger partial charge in [-0.15, -0.1) is 0 Å². The van der Waals surface area contributed by atoms with Crippen molar-refractivity contribution in [2.75, 3.05) is 4.90 Å². The minimum atomic E-state index is -1.20. The van der Waals surface area contributed by atoms with Gasteiger partial charge in [-0.3, -0.25) is 14.5 Å². The summed E-state index contributed by atoms with van der Waals surface area (Å²) in [6.45, 7) is 5.74. The molecule has 0 aliphatic carbocycles. The van der Waals surface area contributed by atoms with Crippen LogP contribution < -0.4 is 4.90 Å². The van der Waals surface area contributed by atoms with Crippen molar-refractivity contribution in [3.8, 4) is 0 Å². The number of aliphatic hydroxyl groups excluding tert-OH is 1. The summed E-state index contributed by atoms with van der Waals surface area (Å²) in [5, 5.41) is 14.9. The van der Waals surface area contributed by atoms with Crippen molar-refractivity contribution in [2.24, 2.45) is 0 Å². The van der Waals surface area contributed by atoms with Crippen molar-refractivity contribution < 1.29 is 23.6 Å². The van der Waals surface area contributed by atoms with Crippen LogP contribution in [0, 0.1) is 5.82 Å². The number of halogens is 1. The van der Waals surface area contributed by atoms with Gasteiger partial charge >= 0.3 is 5.91 Å². The summed E-state index contributed by atoms with van der Waals surface area (Å²) in [6, 6.07) is 14.5. The second-order valence-corrected chi connectivity index (χ2v) is 8.36. The van der Waals surface area contributed by atoms with Gasteiger partial charge in [0, 0.05) is 22.6 Å². The van der Waals surface area contributed by atoms with Crippen LogP contribution in [0.2, 0.25) is 0 Å². The quantitative estimate of drug-likeness (QED) is 0.376. The van der Waals surface area contributed by atoms with Gasteiger partial charge in [-0.2, -0.15) is 0 Å². The van der Waals surface area contributed by atoms with E-state index in [0.29, 0.717) is 11.3 Å². The molecule has 2 heterocycles. The van der Waals surface area contributed by atoms with Gasteiger partial charge in [0.15, 0.2) is 5.82 Å². The van der Waals surface area contributed by atoms with Gasteiger partial charge in [0.25, 0.3) is 5.78 Å². The van der Waals surface area contributed by atoms with Crippen molar-refractivity contribution in [2.45, 2.75) is 32.2 Å². The second-order valence-electron chi connectivity index (χ2n) is 8.36. The largest absolute Gasteiger partial charge is 0.507 e. The minimum absolute atomic E-state index is 0.0690. The zero-order valence-corrected chi connectivity index (χ0v) is 17.3. The van der Waals surface area contributed by atoms with E-state index in [4.69, 9.17) is 4.52 Å². The number of amides is 1. The highest BCUT2D eigenvalue weighted by atomic mass is 19.1. The number of hydrogen-bond donors (Lipinski definition) is 1. The van der Waals surface area contributed by atoms with Crippen LogP contribution >= 0.6 is 0 Å². The third-order valence-electron chi connectivity index (χ3n) is 5.18. The number of rotatable bonds is 3. The van der Waals surface area contributed by atoms with Crippen LogP contribution in [0.3, 0.4) is 0 Å². The normalized spacial score (nSPS) is 18.6. The summed E-state index contributed by atoms with van der Waals surface area (Å²) in [6.07, 6.45) is 0. The zero-order valence-electron chi connectivity index (χ0n) is 17.3. The number of carbonyl (C=O) groups excluding carboxylic acids is 2. The maximum Gasteiger partial charge on any atom is 0.301 e. The molecule has 2 aromatic carbocycles. The molecule has 0 saturated carbocycles. The maximum atomic E-state index is 14.8. The van der Waals surface area contributed by atoms with Gasteiger partial charge in [0.1, 0.15) is 17.3 Å². The molecule has 7 heteroatoms. The topological polar surface area (TPSA) is 83.6 Å². The Morgan fingerprint density at radius 3 is 2.32 bits per heavy atom. The molecule has 6 nitrogen and oxygen atoms in total. The Hall–Kier alpha value is -3.74. The maximum absolute atomic E-state index is 14.8. The lowest BCUT2D eigenvalue weighted by molar-refractivity contribution is -0.132. The Labute approximate surface area is 178 Å². The molecule has 0 bridgehead atoms. The van der Waals surface area contributed by atoms with Crippen LogP contribution in [-0.4, -0.2) is 22.0 Å². The van der Waals surface area contributed by atoms with Crippen LogP contribution in [0.25, 0.3) is 5.76 Å². The highest BCUT2D eigenvalue weighted by molar-refractivity contribution is 6.51. The highest BCUT2D eigenvalue weighted by Gasteiger charge is 2.49. The number of benzene rings is 2.